The highest BCUT2D eigenvalue weighted by Gasteiger charge is 2.29. The molecule has 2 N–H and O–H groups in total. The molecule has 1 saturated carbocycles. The van der Waals surface area contributed by atoms with E-state index >= 15 is 0 Å². The molecular weight excluding hydrogens is 316 g/mol. The van der Waals surface area contributed by atoms with Crippen LogP contribution in [0.4, 0.5) is 5.82 Å². The van der Waals surface area contributed by atoms with E-state index in [-0.39, 0.29) is 0 Å². The van der Waals surface area contributed by atoms with Gasteiger partial charge in [-0.3, -0.25) is 4.40 Å². The molecule has 0 atom stereocenters. The van der Waals surface area contributed by atoms with Gasteiger partial charge in [-0.1, -0.05) is 6.42 Å². The lowest BCUT2D eigenvalue weighted by Crippen LogP contribution is -2.40. The highest BCUT2D eigenvalue weighted by atomic mass is 16.3. The van der Waals surface area contributed by atoms with E-state index in [2.05, 4.69) is 26.3 Å². The minimum absolute atomic E-state index is 0.493. The van der Waals surface area contributed by atoms with E-state index in [4.69, 9.17) is 5.26 Å². The van der Waals surface area contributed by atoms with Crippen molar-refractivity contribution in [2.75, 3.05) is 5.32 Å². The van der Waals surface area contributed by atoms with Crippen LogP contribution in [0.2, 0.25) is 0 Å². The summed E-state index contributed by atoms with van der Waals surface area (Å²) in [6.07, 6.45) is 9.66. The van der Waals surface area contributed by atoms with Crippen LogP contribution >= 0.6 is 0 Å². The summed E-state index contributed by atoms with van der Waals surface area (Å²) in [7, 11) is 0. The standard InChI is InChI=1S/C18H18N6O/c19-10-13-4-5-16-21-11-14(24(16)12-13)17-20-9-6-15(22-17)23-18(25)7-2-1-3-8-18/h4-6,9,11-12,25H,1-3,7-8H2,(H,20,22,23). The van der Waals surface area contributed by atoms with Crippen LogP contribution in [-0.2, 0) is 0 Å². The average Bonchev–Trinajstić information content (AvgIpc) is 3.05. The number of imidazole rings is 1. The molecule has 7 nitrogen and oxygen atoms in total. The van der Waals surface area contributed by atoms with Crippen LogP contribution in [0.3, 0.4) is 0 Å². The summed E-state index contributed by atoms with van der Waals surface area (Å²) in [6.45, 7) is 0. The maximum Gasteiger partial charge on any atom is 0.180 e. The molecule has 4 rings (SSSR count). The molecule has 0 bridgehead atoms. The molecule has 1 fully saturated rings. The van der Waals surface area contributed by atoms with Crippen molar-refractivity contribution in [2.45, 2.75) is 37.8 Å². The SMILES string of the molecule is N#Cc1ccc2ncc(-c3nccc(NC4(O)CCCCC4)n3)n2c1. The zero-order chi connectivity index (χ0) is 17.3. The summed E-state index contributed by atoms with van der Waals surface area (Å²) in [6, 6.07) is 7.39. The van der Waals surface area contributed by atoms with Crippen molar-refractivity contribution >= 4 is 11.5 Å². The first-order chi connectivity index (χ1) is 12.2. The Bertz CT molecular complexity index is 952. The van der Waals surface area contributed by atoms with Gasteiger partial charge >= 0.3 is 0 Å². The number of anilines is 1. The van der Waals surface area contributed by atoms with Crippen molar-refractivity contribution in [3.8, 4) is 17.6 Å². The monoisotopic (exact) mass is 334 g/mol. The number of hydrogen-bond donors (Lipinski definition) is 2. The zero-order valence-corrected chi connectivity index (χ0v) is 13.7. The van der Waals surface area contributed by atoms with Crippen molar-refractivity contribution in [1.29, 1.82) is 5.26 Å². The molecule has 7 heteroatoms. The molecule has 0 saturated heterocycles. The first-order valence-electron chi connectivity index (χ1n) is 8.38. The number of rotatable bonds is 3. The zero-order valence-electron chi connectivity index (χ0n) is 13.7. The summed E-state index contributed by atoms with van der Waals surface area (Å²) in [5.41, 5.74) is 1.06. The van der Waals surface area contributed by atoms with Crippen LogP contribution < -0.4 is 5.32 Å². The lowest BCUT2D eigenvalue weighted by Gasteiger charge is -2.33. The van der Waals surface area contributed by atoms with E-state index < -0.39 is 5.72 Å². The number of nitrogens with one attached hydrogen (secondary N) is 1. The van der Waals surface area contributed by atoms with E-state index in [1.165, 1.54) is 0 Å². The highest BCUT2D eigenvalue weighted by Crippen LogP contribution is 2.29. The van der Waals surface area contributed by atoms with E-state index in [1.54, 1.807) is 41.2 Å². The lowest BCUT2D eigenvalue weighted by molar-refractivity contribution is 0.0313. The molecule has 0 aromatic carbocycles. The van der Waals surface area contributed by atoms with Gasteiger partial charge in [0.05, 0.1) is 11.8 Å². The van der Waals surface area contributed by atoms with Gasteiger partial charge in [0.15, 0.2) is 5.82 Å². The fourth-order valence-corrected chi connectivity index (χ4v) is 3.26. The van der Waals surface area contributed by atoms with E-state index in [9.17, 15) is 5.11 Å². The fourth-order valence-electron chi connectivity index (χ4n) is 3.26. The van der Waals surface area contributed by atoms with Crippen molar-refractivity contribution in [1.82, 2.24) is 19.4 Å². The third-order valence-corrected chi connectivity index (χ3v) is 4.56. The normalized spacial score (nSPS) is 16.5. The predicted octanol–water partition coefficient (Wildman–Crippen LogP) is 2.73. The summed E-state index contributed by atoms with van der Waals surface area (Å²) in [5.74, 6) is 1.08. The van der Waals surface area contributed by atoms with Gasteiger partial charge in [0.2, 0.25) is 0 Å². The number of nitriles is 1. The number of nitrogens with zero attached hydrogens (tertiary/aromatic N) is 5. The Balaban J connectivity index is 1.69. The van der Waals surface area contributed by atoms with Gasteiger partial charge in [-0.2, -0.15) is 5.26 Å². The van der Waals surface area contributed by atoms with Gasteiger partial charge < -0.3 is 10.4 Å². The van der Waals surface area contributed by atoms with Crippen LogP contribution in [0.5, 0.6) is 0 Å². The summed E-state index contributed by atoms with van der Waals surface area (Å²) >= 11 is 0. The molecule has 1 aliphatic rings. The van der Waals surface area contributed by atoms with E-state index in [0.717, 1.165) is 24.9 Å². The second kappa shape index (κ2) is 6.15. The molecule has 126 valence electrons. The van der Waals surface area contributed by atoms with E-state index in [1.807, 2.05) is 0 Å². The molecule has 3 aromatic rings. The fraction of sp³-hybridized carbons (Fsp3) is 0.333. The Morgan fingerprint density at radius 1 is 1.16 bits per heavy atom. The van der Waals surface area contributed by atoms with Gasteiger partial charge in [-0.25, -0.2) is 15.0 Å². The van der Waals surface area contributed by atoms with Crippen LogP contribution in [0, 0.1) is 11.3 Å². The van der Waals surface area contributed by atoms with Crippen molar-refractivity contribution in [3.05, 3.63) is 42.4 Å². The second-order valence-corrected chi connectivity index (χ2v) is 6.38. The lowest BCUT2D eigenvalue weighted by atomic mass is 9.92. The number of pyridine rings is 1. The average molecular weight is 334 g/mol. The highest BCUT2D eigenvalue weighted by molar-refractivity contribution is 5.59. The van der Waals surface area contributed by atoms with Gasteiger partial charge in [0.1, 0.15) is 29.0 Å². The maximum absolute atomic E-state index is 10.7. The van der Waals surface area contributed by atoms with E-state index in [0.29, 0.717) is 35.7 Å². The largest absolute Gasteiger partial charge is 0.371 e. The number of hydrogen-bond acceptors (Lipinski definition) is 6. The summed E-state index contributed by atoms with van der Waals surface area (Å²) in [4.78, 5) is 13.2. The second-order valence-electron chi connectivity index (χ2n) is 6.38. The minimum Gasteiger partial charge on any atom is -0.371 e. The van der Waals surface area contributed by atoms with Crippen LogP contribution in [0.15, 0.2) is 36.8 Å². The molecule has 25 heavy (non-hydrogen) atoms. The van der Waals surface area contributed by atoms with Crippen molar-refractivity contribution < 1.29 is 5.11 Å². The third kappa shape index (κ3) is 3.04. The number of fused-ring (bicyclic) bond motifs is 1. The Morgan fingerprint density at radius 2 is 2.00 bits per heavy atom. The van der Waals surface area contributed by atoms with Crippen LogP contribution in [-0.4, -0.2) is 30.2 Å². The molecule has 3 aromatic heterocycles. The smallest absolute Gasteiger partial charge is 0.180 e. The Labute approximate surface area is 145 Å². The molecule has 1 aliphatic carbocycles. The number of aromatic nitrogens is 4. The maximum atomic E-state index is 10.7. The van der Waals surface area contributed by atoms with Crippen molar-refractivity contribution in [2.24, 2.45) is 0 Å². The summed E-state index contributed by atoms with van der Waals surface area (Å²) < 4.78 is 1.80. The van der Waals surface area contributed by atoms with Gasteiger partial charge in [0.25, 0.3) is 0 Å². The molecular formula is C18H18N6O. The molecule has 0 unspecified atom stereocenters. The van der Waals surface area contributed by atoms with Crippen molar-refractivity contribution in [3.63, 3.8) is 0 Å². The van der Waals surface area contributed by atoms with Crippen LogP contribution in [0.25, 0.3) is 17.2 Å². The predicted molar refractivity (Wildman–Crippen MR) is 92.6 cm³/mol. The molecule has 3 heterocycles. The minimum atomic E-state index is -0.905. The van der Waals surface area contributed by atoms with Gasteiger partial charge in [-0.15, -0.1) is 0 Å². The molecule has 0 aliphatic heterocycles. The molecule has 0 radical (unpaired) electrons. The number of aliphatic hydroxyl groups is 1. The Hall–Kier alpha value is -2.98. The first kappa shape index (κ1) is 15.5. The first-order valence-corrected chi connectivity index (χ1v) is 8.38. The van der Waals surface area contributed by atoms with Crippen LogP contribution in [0.1, 0.15) is 37.7 Å². The van der Waals surface area contributed by atoms with Gasteiger partial charge in [0, 0.05) is 12.4 Å². The topological polar surface area (TPSA) is 99.1 Å². The Kier molecular flexibility index (Phi) is 3.82. The quantitative estimate of drug-likeness (QED) is 0.715. The molecule has 0 spiro atoms. The molecule has 0 amide bonds. The summed E-state index contributed by atoms with van der Waals surface area (Å²) in [5, 5.41) is 22.9. The van der Waals surface area contributed by atoms with Gasteiger partial charge in [-0.05, 0) is 43.9 Å². The third-order valence-electron chi connectivity index (χ3n) is 4.56. The Morgan fingerprint density at radius 3 is 2.80 bits per heavy atom.